The van der Waals surface area contributed by atoms with E-state index < -0.39 is 0 Å². The van der Waals surface area contributed by atoms with Gasteiger partial charge in [-0.3, -0.25) is 9.48 Å². The summed E-state index contributed by atoms with van der Waals surface area (Å²) in [4.78, 5) is 26.4. The summed E-state index contributed by atoms with van der Waals surface area (Å²) in [5.41, 5.74) is 5.34. The van der Waals surface area contributed by atoms with E-state index in [1.807, 2.05) is 13.0 Å². The van der Waals surface area contributed by atoms with Crippen LogP contribution in [0.4, 0.5) is 5.69 Å². The minimum absolute atomic E-state index is 0.191. The van der Waals surface area contributed by atoms with E-state index in [1.165, 1.54) is 5.56 Å². The molecule has 0 aliphatic carbocycles. The number of ether oxygens (including phenoxy) is 1. The van der Waals surface area contributed by atoms with Crippen LogP contribution in [0.2, 0.25) is 5.02 Å². The van der Waals surface area contributed by atoms with Gasteiger partial charge < -0.3 is 24.9 Å². The minimum Gasteiger partial charge on any atom is -0.382 e. The maximum Gasteiger partial charge on any atom is 0.261 e. The van der Waals surface area contributed by atoms with Crippen LogP contribution in [-0.4, -0.2) is 69.0 Å². The lowest BCUT2D eigenvalue weighted by molar-refractivity contribution is 0.102. The molecule has 4 aromatic rings. The monoisotopic (exact) mass is 523 g/mol. The molecule has 10 heteroatoms. The van der Waals surface area contributed by atoms with E-state index in [9.17, 15) is 4.79 Å². The molecule has 0 radical (unpaired) electrons. The predicted octanol–water partition coefficient (Wildman–Crippen LogP) is 4.40. The third-order valence-corrected chi connectivity index (χ3v) is 7.27. The second kappa shape index (κ2) is 11.5. The molecule has 5 rings (SSSR count). The van der Waals surface area contributed by atoms with E-state index >= 15 is 0 Å². The van der Waals surface area contributed by atoms with Crippen LogP contribution in [-0.2, 0) is 11.3 Å². The highest BCUT2D eigenvalue weighted by molar-refractivity contribution is 6.30. The first kappa shape index (κ1) is 25.5. The smallest absolute Gasteiger partial charge is 0.261 e. The highest BCUT2D eigenvalue weighted by Crippen LogP contribution is 2.33. The Morgan fingerprint density at radius 3 is 2.84 bits per heavy atom. The van der Waals surface area contributed by atoms with Crippen molar-refractivity contribution in [2.75, 3.05) is 44.7 Å². The largest absolute Gasteiger partial charge is 0.382 e. The molecule has 0 saturated carbocycles. The summed E-state index contributed by atoms with van der Waals surface area (Å²) >= 11 is 5.96. The van der Waals surface area contributed by atoms with Gasteiger partial charge in [-0.05, 0) is 69.0 Å². The first-order valence-corrected chi connectivity index (χ1v) is 13.3. The van der Waals surface area contributed by atoms with Gasteiger partial charge in [0.1, 0.15) is 11.4 Å². The Morgan fingerprint density at radius 1 is 1.24 bits per heavy atom. The van der Waals surface area contributed by atoms with E-state index in [0.717, 1.165) is 68.0 Å². The molecular formula is C27H34ClN7O2. The summed E-state index contributed by atoms with van der Waals surface area (Å²) < 4.78 is 7.28. The molecule has 0 unspecified atom stereocenters. The second-order valence-corrected chi connectivity index (χ2v) is 10.0. The highest BCUT2D eigenvalue weighted by atomic mass is 35.5. The molecule has 0 amide bonds. The average Bonchev–Trinajstić information content (AvgIpc) is 3.51. The molecule has 0 spiro atoms. The molecule has 1 aliphatic rings. The number of aromatic amines is 2. The number of anilines is 1. The van der Waals surface area contributed by atoms with Crippen molar-refractivity contribution in [3.8, 4) is 11.4 Å². The average molecular weight is 524 g/mol. The Kier molecular flexibility index (Phi) is 7.93. The number of imidazole rings is 1. The third-order valence-electron chi connectivity index (χ3n) is 7.07. The molecule has 4 heterocycles. The van der Waals surface area contributed by atoms with Crippen molar-refractivity contribution >= 4 is 28.3 Å². The number of aromatic nitrogens is 5. The van der Waals surface area contributed by atoms with Gasteiger partial charge in [-0.15, -0.1) is 0 Å². The highest BCUT2D eigenvalue weighted by Gasteiger charge is 2.22. The van der Waals surface area contributed by atoms with Gasteiger partial charge in [-0.25, -0.2) is 4.98 Å². The lowest BCUT2D eigenvalue weighted by Gasteiger charge is -2.32. The molecule has 1 saturated heterocycles. The second-order valence-electron chi connectivity index (χ2n) is 9.58. The summed E-state index contributed by atoms with van der Waals surface area (Å²) in [7, 11) is 0. The van der Waals surface area contributed by atoms with Gasteiger partial charge in [0.2, 0.25) is 0 Å². The zero-order valence-electron chi connectivity index (χ0n) is 21.4. The molecule has 1 aliphatic heterocycles. The van der Waals surface area contributed by atoms with Crippen molar-refractivity contribution < 1.29 is 4.74 Å². The number of nitrogens with zero attached hydrogens (tertiary/aromatic N) is 4. The fourth-order valence-corrected chi connectivity index (χ4v) is 5.28. The molecule has 9 nitrogen and oxygen atoms in total. The van der Waals surface area contributed by atoms with Crippen LogP contribution < -0.4 is 10.9 Å². The van der Waals surface area contributed by atoms with Gasteiger partial charge in [-0.2, -0.15) is 5.10 Å². The van der Waals surface area contributed by atoms with Crippen LogP contribution in [0.3, 0.4) is 0 Å². The van der Waals surface area contributed by atoms with Gasteiger partial charge in [0, 0.05) is 32.1 Å². The first-order chi connectivity index (χ1) is 18.0. The van der Waals surface area contributed by atoms with Crippen LogP contribution in [0, 0.1) is 6.92 Å². The summed E-state index contributed by atoms with van der Waals surface area (Å²) in [6.07, 6.45) is 7.28. The number of aryl methyl sites for hydroxylation is 1. The predicted molar refractivity (Wildman–Crippen MR) is 148 cm³/mol. The van der Waals surface area contributed by atoms with E-state index in [-0.39, 0.29) is 5.56 Å². The van der Waals surface area contributed by atoms with Gasteiger partial charge in [-0.1, -0.05) is 17.7 Å². The third kappa shape index (κ3) is 5.89. The number of pyridine rings is 1. The first-order valence-electron chi connectivity index (χ1n) is 13.0. The molecule has 37 heavy (non-hydrogen) atoms. The molecule has 3 N–H and O–H groups in total. The number of likely N-dealkylation sites (tertiary alicyclic amines) is 1. The maximum atomic E-state index is 12.9. The maximum absolute atomic E-state index is 12.9. The Morgan fingerprint density at radius 2 is 2.08 bits per heavy atom. The summed E-state index contributed by atoms with van der Waals surface area (Å²) in [5.74, 6) is 1.08. The lowest BCUT2D eigenvalue weighted by Crippen LogP contribution is -2.35. The molecule has 0 bridgehead atoms. The molecule has 1 aromatic carbocycles. The zero-order valence-corrected chi connectivity index (χ0v) is 22.1. The Labute approximate surface area is 221 Å². The number of piperidine rings is 1. The van der Waals surface area contributed by atoms with Crippen molar-refractivity contribution in [3.05, 3.63) is 63.3 Å². The Hall–Kier alpha value is -3.14. The van der Waals surface area contributed by atoms with Crippen LogP contribution in [0.25, 0.3) is 22.4 Å². The van der Waals surface area contributed by atoms with Crippen LogP contribution in [0.1, 0.15) is 36.8 Å². The number of nitrogens with one attached hydrogen (secondary N) is 3. The topological polar surface area (TPSA) is 104 Å². The lowest BCUT2D eigenvalue weighted by atomic mass is 9.88. The van der Waals surface area contributed by atoms with E-state index in [0.29, 0.717) is 35.4 Å². The number of rotatable bonds is 10. The van der Waals surface area contributed by atoms with E-state index in [4.69, 9.17) is 21.3 Å². The van der Waals surface area contributed by atoms with E-state index in [2.05, 4.69) is 44.3 Å². The van der Waals surface area contributed by atoms with Gasteiger partial charge >= 0.3 is 0 Å². The standard InChI is InChI=1S/C27H34ClN7O2/c1-3-37-13-12-34-9-5-19(6-10-34)20-14-18(2)25-23(15-20)32-26(33-25)24-22(4-7-30-27(24)36)29-8-11-35-17-21(28)16-31-35/h4,7,14-17,19H,3,5-6,8-13H2,1-2H3,(H,32,33)(H2,29,30,36). The Bertz CT molecular complexity index is 1400. The van der Waals surface area contributed by atoms with Crippen molar-refractivity contribution in [3.63, 3.8) is 0 Å². The summed E-state index contributed by atoms with van der Waals surface area (Å²) in [6, 6.07) is 6.33. The minimum atomic E-state index is -0.191. The number of hydrogen-bond donors (Lipinski definition) is 3. The fourth-order valence-electron chi connectivity index (χ4n) is 5.13. The number of halogens is 1. The number of hydrogen-bond acceptors (Lipinski definition) is 6. The van der Waals surface area contributed by atoms with Crippen molar-refractivity contribution in [2.45, 2.75) is 39.2 Å². The van der Waals surface area contributed by atoms with Crippen molar-refractivity contribution in [1.29, 1.82) is 0 Å². The normalized spacial score (nSPS) is 15.0. The van der Waals surface area contributed by atoms with E-state index in [1.54, 1.807) is 23.3 Å². The summed E-state index contributed by atoms with van der Waals surface area (Å²) in [5, 5.41) is 8.16. The molecule has 196 valence electrons. The number of fused-ring (bicyclic) bond motifs is 1. The van der Waals surface area contributed by atoms with Crippen LogP contribution in [0.5, 0.6) is 0 Å². The van der Waals surface area contributed by atoms with Crippen LogP contribution >= 0.6 is 11.6 Å². The summed E-state index contributed by atoms with van der Waals surface area (Å²) in [6.45, 7) is 10.1. The number of benzene rings is 1. The van der Waals surface area contributed by atoms with Gasteiger partial charge in [0.05, 0.1) is 41.1 Å². The fraction of sp³-hybridized carbons (Fsp3) is 0.444. The Balaban J connectivity index is 1.33. The van der Waals surface area contributed by atoms with Crippen LogP contribution in [0.15, 0.2) is 41.6 Å². The van der Waals surface area contributed by atoms with Gasteiger partial charge in [0.25, 0.3) is 5.56 Å². The van der Waals surface area contributed by atoms with Crippen molar-refractivity contribution in [2.24, 2.45) is 0 Å². The van der Waals surface area contributed by atoms with Crippen molar-refractivity contribution in [1.82, 2.24) is 29.6 Å². The molecular weight excluding hydrogens is 490 g/mol. The zero-order chi connectivity index (χ0) is 25.8. The number of H-pyrrole nitrogens is 2. The quantitative estimate of drug-likeness (QED) is 0.266. The molecule has 0 atom stereocenters. The SMILES string of the molecule is CCOCCN1CCC(c2cc(C)c3nc(-c4c(NCCn5cc(Cl)cn5)cc[nH]c4=O)[nH]c3c2)CC1. The molecule has 1 fully saturated rings. The molecule has 3 aromatic heterocycles. The van der Waals surface area contributed by atoms with Gasteiger partial charge in [0.15, 0.2) is 0 Å².